The van der Waals surface area contributed by atoms with Crippen LogP contribution in [0.2, 0.25) is 0 Å². The fourth-order valence-corrected chi connectivity index (χ4v) is 4.02. The summed E-state index contributed by atoms with van der Waals surface area (Å²) in [5.74, 6) is 0.410. The van der Waals surface area contributed by atoms with Crippen molar-refractivity contribution >= 4 is 0 Å². The molecule has 1 saturated carbocycles. The molecule has 1 aliphatic carbocycles. The van der Waals surface area contributed by atoms with Crippen LogP contribution in [0.4, 0.5) is 0 Å². The summed E-state index contributed by atoms with van der Waals surface area (Å²) in [5, 5.41) is 0. The fraction of sp³-hybridized carbons (Fsp3) is 0.533. The highest BCUT2D eigenvalue weighted by Gasteiger charge is 2.41. The fourth-order valence-electron chi connectivity index (χ4n) is 4.02. The minimum Gasteiger partial charge on any atom is -0.103 e. The predicted molar refractivity (Wildman–Crippen MR) is 144 cm³/mol. The number of hydrogen-bond acceptors (Lipinski definition) is 0. The van der Waals surface area contributed by atoms with Crippen LogP contribution in [0.1, 0.15) is 88.0 Å². The van der Waals surface area contributed by atoms with E-state index in [-0.39, 0.29) is 10.8 Å². The van der Waals surface area contributed by atoms with Crippen molar-refractivity contribution in [1.82, 2.24) is 0 Å². The Hall–Kier alpha value is -1.82. The van der Waals surface area contributed by atoms with Crippen molar-refractivity contribution in [3.63, 3.8) is 0 Å². The monoisotopic (exact) mass is 412 g/mol. The molecule has 0 bridgehead atoms. The molecule has 0 spiro atoms. The van der Waals surface area contributed by atoms with Crippen LogP contribution in [0.15, 0.2) is 86.1 Å². The van der Waals surface area contributed by atoms with Crippen LogP contribution >= 0.6 is 0 Å². The van der Waals surface area contributed by atoms with E-state index < -0.39 is 0 Å². The van der Waals surface area contributed by atoms with Crippen molar-refractivity contribution < 1.29 is 0 Å². The Bertz CT molecular complexity index is 569. The van der Waals surface area contributed by atoms with Gasteiger partial charge in [0.25, 0.3) is 0 Å². The van der Waals surface area contributed by atoms with E-state index in [9.17, 15) is 0 Å². The molecule has 0 aromatic heterocycles. The summed E-state index contributed by atoms with van der Waals surface area (Å²) in [5.41, 5.74) is 3.15. The molecule has 0 aromatic rings. The SMILES string of the molecule is C=C/C=C(\C=C)C1(C)CCCC(C)(C(/C=C\C(C)C=C)=C/C)C1.C=CC.CC.CC. The van der Waals surface area contributed by atoms with E-state index >= 15 is 0 Å². The highest BCUT2D eigenvalue weighted by atomic mass is 14.5. The number of hydrogen-bond donors (Lipinski definition) is 0. The lowest BCUT2D eigenvalue weighted by molar-refractivity contribution is 0.150. The Labute approximate surface area is 191 Å². The molecule has 0 radical (unpaired) electrons. The molecule has 0 saturated heterocycles. The highest BCUT2D eigenvalue weighted by molar-refractivity contribution is 5.33. The van der Waals surface area contributed by atoms with E-state index in [2.05, 4.69) is 78.3 Å². The normalized spacial score (nSPS) is 24.6. The maximum absolute atomic E-state index is 4.03. The van der Waals surface area contributed by atoms with E-state index in [1.165, 1.54) is 30.4 Å². The minimum atomic E-state index is 0.176. The van der Waals surface area contributed by atoms with Crippen LogP contribution in [0, 0.1) is 16.7 Å². The Balaban J connectivity index is -0.000000926. The molecule has 3 atom stereocenters. The Kier molecular flexibility index (Phi) is 21.0. The van der Waals surface area contributed by atoms with Gasteiger partial charge in [0.15, 0.2) is 0 Å². The van der Waals surface area contributed by atoms with Crippen LogP contribution in [0.25, 0.3) is 0 Å². The second-order valence-electron chi connectivity index (χ2n) is 7.82. The topological polar surface area (TPSA) is 0 Å². The van der Waals surface area contributed by atoms with Crippen molar-refractivity contribution in [3.8, 4) is 0 Å². The largest absolute Gasteiger partial charge is 0.103 e. The van der Waals surface area contributed by atoms with Gasteiger partial charge in [-0.15, -0.1) is 13.2 Å². The Morgan fingerprint density at radius 1 is 0.867 bits per heavy atom. The third kappa shape index (κ3) is 11.4. The van der Waals surface area contributed by atoms with Gasteiger partial charge in [0.05, 0.1) is 0 Å². The molecular formula is C30H52. The Morgan fingerprint density at radius 3 is 1.70 bits per heavy atom. The van der Waals surface area contributed by atoms with Crippen molar-refractivity contribution in [2.24, 2.45) is 16.7 Å². The maximum atomic E-state index is 4.03. The van der Waals surface area contributed by atoms with Crippen LogP contribution < -0.4 is 0 Å². The molecule has 1 rings (SSSR count). The summed E-state index contributed by atoms with van der Waals surface area (Å²) in [4.78, 5) is 0. The molecule has 0 N–H and O–H groups in total. The molecule has 1 fully saturated rings. The van der Waals surface area contributed by atoms with Gasteiger partial charge >= 0.3 is 0 Å². The lowest BCUT2D eigenvalue weighted by Gasteiger charge is -2.46. The van der Waals surface area contributed by atoms with Crippen molar-refractivity contribution in [1.29, 1.82) is 0 Å². The average Bonchev–Trinajstić information content (AvgIpc) is 2.75. The van der Waals surface area contributed by atoms with Gasteiger partial charge in [-0.25, -0.2) is 0 Å². The van der Waals surface area contributed by atoms with Gasteiger partial charge in [-0.2, -0.15) is 0 Å². The van der Waals surface area contributed by atoms with Gasteiger partial charge in [-0.05, 0) is 61.0 Å². The number of rotatable bonds is 7. The first-order valence-corrected chi connectivity index (χ1v) is 11.8. The van der Waals surface area contributed by atoms with Gasteiger partial charge in [0, 0.05) is 0 Å². The summed E-state index contributed by atoms with van der Waals surface area (Å²) >= 11 is 0. The first-order valence-electron chi connectivity index (χ1n) is 11.8. The summed E-state index contributed by atoms with van der Waals surface area (Å²) < 4.78 is 0. The highest BCUT2D eigenvalue weighted by Crippen LogP contribution is 2.53. The van der Waals surface area contributed by atoms with Crippen molar-refractivity contribution in [2.75, 3.05) is 0 Å². The maximum Gasteiger partial charge on any atom is -0.00671 e. The van der Waals surface area contributed by atoms with Crippen LogP contribution in [0.3, 0.4) is 0 Å². The second kappa shape index (κ2) is 19.2. The van der Waals surface area contributed by atoms with Crippen molar-refractivity contribution in [2.45, 2.75) is 88.0 Å². The molecule has 1 aliphatic rings. The average molecular weight is 413 g/mol. The first kappa shape index (κ1) is 32.8. The summed E-state index contributed by atoms with van der Waals surface area (Å²) in [6, 6.07) is 0. The van der Waals surface area contributed by atoms with E-state index in [0.717, 1.165) is 6.42 Å². The van der Waals surface area contributed by atoms with Gasteiger partial charge in [-0.1, -0.05) is 117 Å². The second-order valence-corrected chi connectivity index (χ2v) is 7.82. The molecule has 0 heteroatoms. The van der Waals surface area contributed by atoms with Crippen LogP contribution in [-0.4, -0.2) is 0 Å². The lowest BCUT2D eigenvalue weighted by atomic mass is 9.58. The standard InChI is InChI=1S/C23H34.C3H6.2C2H6/c1-8-13-20(10-3)22(6)16-12-17-23(7,18-22)21(11-4)15-14-19(5)9-2;1-3-2;2*1-2/h8-11,13-15,19H,1-3,12,16-18H2,4-7H3;3H,1H2,2H3;2*1-2H3/b15-14-,20-13+,21-11+;;;. The molecule has 0 aromatic carbocycles. The van der Waals surface area contributed by atoms with E-state index in [4.69, 9.17) is 0 Å². The van der Waals surface area contributed by atoms with Crippen LogP contribution in [0.5, 0.6) is 0 Å². The Morgan fingerprint density at radius 2 is 1.33 bits per heavy atom. The predicted octanol–water partition coefficient (Wildman–Crippen LogP) is 10.4. The molecule has 30 heavy (non-hydrogen) atoms. The molecule has 0 aliphatic heterocycles. The third-order valence-electron chi connectivity index (χ3n) is 5.41. The van der Waals surface area contributed by atoms with Crippen LogP contribution in [-0.2, 0) is 0 Å². The quantitative estimate of drug-likeness (QED) is 0.288. The molecule has 0 amide bonds. The molecule has 3 unspecified atom stereocenters. The van der Waals surface area contributed by atoms with E-state index in [1.807, 2.05) is 52.8 Å². The summed E-state index contributed by atoms with van der Waals surface area (Å²) in [7, 11) is 0. The molecule has 172 valence electrons. The smallest absolute Gasteiger partial charge is 0.00671 e. The lowest BCUT2D eigenvalue weighted by Crippen LogP contribution is -2.34. The summed E-state index contributed by atoms with van der Waals surface area (Å²) in [6.45, 7) is 34.1. The van der Waals surface area contributed by atoms with Gasteiger partial charge in [0.1, 0.15) is 0 Å². The zero-order valence-corrected chi connectivity index (χ0v) is 21.9. The van der Waals surface area contributed by atoms with E-state index in [1.54, 1.807) is 6.08 Å². The summed E-state index contributed by atoms with van der Waals surface area (Å²) in [6.07, 6.45) is 21.5. The molecular weight excluding hydrogens is 360 g/mol. The minimum absolute atomic E-state index is 0.176. The zero-order valence-electron chi connectivity index (χ0n) is 21.9. The first-order chi connectivity index (χ1) is 14.3. The number of allylic oxidation sites excluding steroid dienone is 10. The molecule has 0 nitrogen and oxygen atoms in total. The van der Waals surface area contributed by atoms with Gasteiger partial charge in [0.2, 0.25) is 0 Å². The molecule has 0 heterocycles. The third-order valence-corrected chi connectivity index (χ3v) is 5.41. The van der Waals surface area contributed by atoms with Gasteiger partial charge < -0.3 is 0 Å². The van der Waals surface area contributed by atoms with Gasteiger partial charge in [-0.3, -0.25) is 0 Å². The van der Waals surface area contributed by atoms with Crippen molar-refractivity contribution in [3.05, 3.63) is 86.1 Å². The van der Waals surface area contributed by atoms with E-state index in [0.29, 0.717) is 5.92 Å². The zero-order chi connectivity index (χ0) is 24.2.